The first kappa shape index (κ1) is 7.41. The number of furan rings is 1. The number of fused-ring (bicyclic) bond motifs is 1. The van der Waals surface area contributed by atoms with Crippen LogP contribution in [-0.4, -0.2) is 0 Å². The van der Waals surface area contributed by atoms with Gasteiger partial charge in [0.2, 0.25) is 0 Å². The summed E-state index contributed by atoms with van der Waals surface area (Å²) >= 11 is 0. The van der Waals surface area contributed by atoms with Gasteiger partial charge in [-0.15, -0.1) is 0 Å². The van der Waals surface area contributed by atoms with Crippen molar-refractivity contribution in [1.82, 2.24) is 0 Å². The molecule has 0 unspecified atom stereocenters. The van der Waals surface area contributed by atoms with Gasteiger partial charge in [-0.3, -0.25) is 0 Å². The van der Waals surface area contributed by atoms with Crippen LogP contribution in [0.3, 0.4) is 0 Å². The van der Waals surface area contributed by atoms with Gasteiger partial charge in [-0.25, -0.2) is 0 Å². The maximum Gasteiger partial charge on any atom is 0.134 e. The van der Waals surface area contributed by atoms with E-state index < -0.39 is 0 Å². The molecule has 1 aromatic heterocycles. The fraction of sp³-hybridized carbons (Fsp3) is 0.273. The molecule has 1 heterocycles. The molecule has 2 rings (SSSR count). The van der Waals surface area contributed by atoms with Crippen LogP contribution < -0.4 is 0 Å². The third-order valence-corrected chi connectivity index (χ3v) is 2.08. The first-order valence-corrected chi connectivity index (χ1v) is 4.37. The van der Waals surface area contributed by atoms with E-state index in [2.05, 4.69) is 19.1 Å². The summed E-state index contributed by atoms with van der Waals surface area (Å²) in [5, 5.41) is 1.26. The average Bonchev–Trinajstić information content (AvgIpc) is 2.50. The summed E-state index contributed by atoms with van der Waals surface area (Å²) in [5.41, 5.74) is 2.33. The van der Waals surface area contributed by atoms with Gasteiger partial charge in [-0.1, -0.05) is 31.5 Å². The average molecular weight is 160 g/mol. The molecule has 0 fully saturated rings. The SMILES string of the molecule is CCCc1coc2ccccc12. The number of para-hydroxylation sites is 1. The van der Waals surface area contributed by atoms with Crippen LogP contribution in [0.25, 0.3) is 11.0 Å². The molecule has 0 spiro atoms. The molecule has 1 nitrogen and oxygen atoms in total. The van der Waals surface area contributed by atoms with Gasteiger partial charge < -0.3 is 4.42 Å². The van der Waals surface area contributed by atoms with Crippen molar-refractivity contribution in [1.29, 1.82) is 0 Å². The van der Waals surface area contributed by atoms with Crippen molar-refractivity contribution < 1.29 is 4.42 Å². The van der Waals surface area contributed by atoms with Gasteiger partial charge in [-0.2, -0.15) is 0 Å². The molecule has 0 saturated carbocycles. The topological polar surface area (TPSA) is 13.1 Å². The van der Waals surface area contributed by atoms with Crippen LogP contribution in [-0.2, 0) is 6.42 Å². The summed E-state index contributed by atoms with van der Waals surface area (Å²) in [5.74, 6) is 0. The number of rotatable bonds is 2. The zero-order valence-electron chi connectivity index (χ0n) is 7.21. The predicted octanol–water partition coefficient (Wildman–Crippen LogP) is 3.39. The predicted molar refractivity (Wildman–Crippen MR) is 50.2 cm³/mol. The molecule has 0 aliphatic heterocycles. The van der Waals surface area contributed by atoms with E-state index in [1.165, 1.54) is 17.4 Å². The van der Waals surface area contributed by atoms with Crippen molar-refractivity contribution in [2.45, 2.75) is 19.8 Å². The van der Waals surface area contributed by atoms with E-state index in [-0.39, 0.29) is 0 Å². The lowest BCUT2D eigenvalue weighted by Gasteiger charge is -1.91. The minimum Gasteiger partial charge on any atom is -0.464 e. The van der Waals surface area contributed by atoms with Crippen molar-refractivity contribution in [3.05, 3.63) is 36.1 Å². The molecule has 0 radical (unpaired) electrons. The Morgan fingerprint density at radius 2 is 2.08 bits per heavy atom. The zero-order valence-corrected chi connectivity index (χ0v) is 7.21. The molecule has 2 aromatic rings. The third kappa shape index (κ3) is 1.11. The first-order chi connectivity index (χ1) is 5.92. The Hall–Kier alpha value is -1.24. The van der Waals surface area contributed by atoms with Crippen molar-refractivity contribution in [3.8, 4) is 0 Å². The van der Waals surface area contributed by atoms with E-state index in [0.717, 1.165) is 12.0 Å². The molecule has 0 atom stereocenters. The lowest BCUT2D eigenvalue weighted by Crippen LogP contribution is -1.77. The van der Waals surface area contributed by atoms with Crippen molar-refractivity contribution in [3.63, 3.8) is 0 Å². The number of benzene rings is 1. The number of aryl methyl sites for hydroxylation is 1. The molecular formula is C11H12O. The largest absolute Gasteiger partial charge is 0.464 e. The molecule has 0 saturated heterocycles. The normalized spacial score (nSPS) is 10.8. The molecular weight excluding hydrogens is 148 g/mol. The molecule has 62 valence electrons. The fourth-order valence-electron chi connectivity index (χ4n) is 1.50. The Labute approximate surface area is 72.0 Å². The van der Waals surface area contributed by atoms with Crippen LogP contribution >= 0.6 is 0 Å². The number of hydrogen-bond acceptors (Lipinski definition) is 1. The van der Waals surface area contributed by atoms with Gasteiger partial charge in [0.05, 0.1) is 6.26 Å². The first-order valence-electron chi connectivity index (χ1n) is 4.37. The fourth-order valence-corrected chi connectivity index (χ4v) is 1.50. The quantitative estimate of drug-likeness (QED) is 0.656. The molecule has 0 aliphatic carbocycles. The van der Waals surface area contributed by atoms with Crippen LogP contribution in [0.4, 0.5) is 0 Å². The van der Waals surface area contributed by atoms with Crippen molar-refractivity contribution in [2.75, 3.05) is 0 Å². The highest BCUT2D eigenvalue weighted by molar-refractivity contribution is 5.80. The van der Waals surface area contributed by atoms with Crippen LogP contribution in [0.15, 0.2) is 34.9 Å². The Morgan fingerprint density at radius 1 is 1.25 bits per heavy atom. The summed E-state index contributed by atoms with van der Waals surface area (Å²) in [4.78, 5) is 0. The van der Waals surface area contributed by atoms with Crippen molar-refractivity contribution in [2.24, 2.45) is 0 Å². The van der Waals surface area contributed by atoms with Gasteiger partial charge in [0, 0.05) is 5.39 Å². The van der Waals surface area contributed by atoms with Gasteiger partial charge in [0.15, 0.2) is 0 Å². The highest BCUT2D eigenvalue weighted by Crippen LogP contribution is 2.21. The number of hydrogen-bond donors (Lipinski definition) is 0. The van der Waals surface area contributed by atoms with E-state index in [0.29, 0.717) is 0 Å². The minimum atomic E-state index is 1.00. The highest BCUT2D eigenvalue weighted by Gasteiger charge is 2.02. The summed E-state index contributed by atoms with van der Waals surface area (Å²) in [6.45, 7) is 2.18. The molecule has 1 heteroatoms. The second-order valence-corrected chi connectivity index (χ2v) is 3.01. The lowest BCUT2D eigenvalue weighted by atomic mass is 10.1. The maximum absolute atomic E-state index is 5.40. The minimum absolute atomic E-state index is 1.00. The maximum atomic E-state index is 5.40. The van der Waals surface area contributed by atoms with E-state index in [9.17, 15) is 0 Å². The summed E-state index contributed by atoms with van der Waals surface area (Å²) in [6.07, 6.45) is 4.15. The second-order valence-electron chi connectivity index (χ2n) is 3.01. The lowest BCUT2D eigenvalue weighted by molar-refractivity contribution is 0.609. The monoisotopic (exact) mass is 160 g/mol. The molecule has 0 bridgehead atoms. The molecule has 12 heavy (non-hydrogen) atoms. The summed E-state index contributed by atoms with van der Waals surface area (Å²) in [7, 11) is 0. The summed E-state index contributed by atoms with van der Waals surface area (Å²) < 4.78 is 5.40. The zero-order chi connectivity index (χ0) is 8.39. The second kappa shape index (κ2) is 3.02. The van der Waals surface area contributed by atoms with Crippen LogP contribution in [0, 0.1) is 0 Å². The van der Waals surface area contributed by atoms with Crippen LogP contribution in [0.1, 0.15) is 18.9 Å². The summed E-state index contributed by atoms with van der Waals surface area (Å²) in [6, 6.07) is 8.18. The van der Waals surface area contributed by atoms with E-state index in [4.69, 9.17) is 4.42 Å². The smallest absolute Gasteiger partial charge is 0.134 e. The third-order valence-electron chi connectivity index (χ3n) is 2.08. The molecule has 1 aromatic carbocycles. The Kier molecular flexibility index (Phi) is 1.86. The Morgan fingerprint density at radius 3 is 2.92 bits per heavy atom. The van der Waals surface area contributed by atoms with Crippen molar-refractivity contribution >= 4 is 11.0 Å². The van der Waals surface area contributed by atoms with Crippen LogP contribution in [0.5, 0.6) is 0 Å². The molecule has 0 aliphatic rings. The van der Waals surface area contributed by atoms with Gasteiger partial charge in [0.25, 0.3) is 0 Å². The van der Waals surface area contributed by atoms with Gasteiger partial charge in [-0.05, 0) is 18.1 Å². The van der Waals surface area contributed by atoms with E-state index in [1.54, 1.807) is 0 Å². The Bertz CT molecular complexity index is 373. The van der Waals surface area contributed by atoms with Gasteiger partial charge >= 0.3 is 0 Å². The van der Waals surface area contributed by atoms with Gasteiger partial charge in [0.1, 0.15) is 5.58 Å². The molecule has 0 amide bonds. The van der Waals surface area contributed by atoms with E-state index >= 15 is 0 Å². The van der Waals surface area contributed by atoms with E-state index in [1.807, 2.05) is 18.4 Å². The standard InChI is InChI=1S/C11H12O/c1-2-5-9-8-12-11-7-4-3-6-10(9)11/h3-4,6-8H,2,5H2,1H3. The molecule has 0 N–H and O–H groups in total. The highest BCUT2D eigenvalue weighted by atomic mass is 16.3. The Balaban J connectivity index is 2.55. The van der Waals surface area contributed by atoms with Crippen LogP contribution in [0.2, 0.25) is 0 Å².